The van der Waals surface area contributed by atoms with Crippen molar-refractivity contribution in [2.75, 3.05) is 45.1 Å². The summed E-state index contributed by atoms with van der Waals surface area (Å²) < 4.78 is 33.5. The van der Waals surface area contributed by atoms with Crippen molar-refractivity contribution in [2.24, 2.45) is 0 Å². The van der Waals surface area contributed by atoms with Crippen molar-refractivity contribution in [3.05, 3.63) is 60.2 Å². The van der Waals surface area contributed by atoms with Crippen LogP contribution in [0.3, 0.4) is 0 Å². The Hall–Kier alpha value is -2.50. The van der Waals surface area contributed by atoms with E-state index in [0.717, 1.165) is 18.4 Å². The SMILES string of the molecule is Nc1ccc(S(=O)(=O)N(C[C@@H](O)[C@H](Cc2ccccc2)NC(=O)CN2CCOCC2)C2CC2)cc1. The zero-order chi connectivity index (χ0) is 24.8. The third-order valence-corrected chi connectivity index (χ3v) is 8.32. The van der Waals surface area contributed by atoms with Crippen LogP contribution in [0.5, 0.6) is 0 Å². The Kier molecular flexibility index (Phi) is 8.40. The number of nitrogens with zero attached hydrogens (tertiary/aromatic N) is 2. The number of carbonyl (C=O) groups excluding carboxylic acids is 1. The monoisotopic (exact) mass is 502 g/mol. The van der Waals surface area contributed by atoms with Gasteiger partial charge in [-0.2, -0.15) is 4.31 Å². The van der Waals surface area contributed by atoms with Gasteiger partial charge < -0.3 is 20.9 Å². The van der Waals surface area contributed by atoms with Gasteiger partial charge in [-0.05, 0) is 49.1 Å². The normalized spacial score (nSPS) is 18.8. The summed E-state index contributed by atoms with van der Waals surface area (Å²) in [5, 5.41) is 14.2. The molecule has 9 nitrogen and oxygen atoms in total. The maximum atomic E-state index is 13.4. The minimum Gasteiger partial charge on any atom is -0.399 e. The first-order valence-electron chi connectivity index (χ1n) is 12.0. The number of hydrogen-bond donors (Lipinski definition) is 3. The number of ether oxygens (including phenoxy) is 1. The third-order valence-electron chi connectivity index (χ3n) is 6.39. The topological polar surface area (TPSA) is 125 Å². The molecule has 0 radical (unpaired) electrons. The molecule has 4 rings (SSSR count). The zero-order valence-electron chi connectivity index (χ0n) is 19.8. The fraction of sp³-hybridized carbons (Fsp3) is 0.480. The molecule has 4 N–H and O–H groups in total. The van der Waals surface area contributed by atoms with Crippen molar-refractivity contribution < 1.29 is 23.1 Å². The summed E-state index contributed by atoms with van der Waals surface area (Å²) in [4.78, 5) is 15.0. The van der Waals surface area contributed by atoms with Gasteiger partial charge in [0.05, 0.1) is 36.8 Å². The van der Waals surface area contributed by atoms with Crippen LogP contribution in [-0.2, 0) is 26.0 Å². The number of anilines is 1. The minimum atomic E-state index is -3.82. The molecule has 1 heterocycles. The fourth-order valence-corrected chi connectivity index (χ4v) is 5.96. The lowest BCUT2D eigenvalue weighted by Gasteiger charge is -2.31. The average Bonchev–Trinajstić information content (AvgIpc) is 3.68. The van der Waals surface area contributed by atoms with Crippen molar-refractivity contribution in [3.8, 4) is 0 Å². The molecule has 1 aliphatic carbocycles. The van der Waals surface area contributed by atoms with Crippen LogP contribution in [0, 0.1) is 0 Å². The molecule has 1 aliphatic heterocycles. The summed E-state index contributed by atoms with van der Waals surface area (Å²) in [6, 6.07) is 14.8. The van der Waals surface area contributed by atoms with Crippen LogP contribution >= 0.6 is 0 Å². The minimum absolute atomic E-state index is 0.104. The number of aliphatic hydroxyl groups excluding tert-OH is 1. The molecule has 2 aromatic carbocycles. The van der Waals surface area contributed by atoms with Crippen molar-refractivity contribution in [1.29, 1.82) is 0 Å². The van der Waals surface area contributed by atoms with E-state index in [0.29, 0.717) is 38.4 Å². The van der Waals surface area contributed by atoms with Crippen molar-refractivity contribution >= 4 is 21.6 Å². The van der Waals surface area contributed by atoms with Crippen molar-refractivity contribution in [1.82, 2.24) is 14.5 Å². The van der Waals surface area contributed by atoms with Crippen LogP contribution in [0.25, 0.3) is 0 Å². The predicted octanol–water partition coefficient (Wildman–Crippen LogP) is 0.843. The van der Waals surface area contributed by atoms with Gasteiger partial charge >= 0.3 is 0 Å². The first-order valence-corrected chi connectivity index (χ1v) is 13.5. The highest BCUT2D eigenvalue weighted by atomic mass is 32.2. The quantitative estimate of drug-likeness (QED) is 0.389. The molecular formula is C25H34N4O5S. The molecule has 1 saturated heterocycles. The fourth-order valence-electron chi connectivity index (χ4n) is 4.26. The molecule has 2 aromatic rings. The number of amides is 1. The second-order valence-corrected chi connectivity index (χ2v) is 11.1. The van der Waals surface area contributed by atoms with Gasteiger partial charge in [0.15, 0.2) is 0 Å². The van der Waals surface area contributed by atoms with Crippen LogP contribution in [0.15, 0.2) is 59.5 Å². The molecule has 1 saturated carbocycles. The standard InChI is InChI=1S/C25H34N4O5S/c26-20-6-10-22(11-7-20)35(32,33)29(21-8-9-21)17-24(30)23(16-19-4-2-1-3-5-19)27-25(31)18-28-12-14-34-15-13-28/h1-7,10-11,21,23-24,30H,8-9,12-18,26H2,(H,27,31)/t23-,24+/m0/s1. The number of morpholine rings is 1. The van der Waals surface area contributed by atoms with E-state index in [9.17, 15) is 18.3 Å². The second-order valence-electron chi connectivity index (χ2n) is 9.19. The molecule has 2 aliphatic rings. The predicted molar refractivity (Wildman–Crippen MR) is 133 cm³/mol. The Balaban J connectivity index is 1.49. The van der Waals surface area contributed by atoms with Gasteiger partial charge in [-0.15, -0.1) is 0 Å². The summed E-state index contributed by atoms with van der Waals surface area (Å²) in [7, 11) is -3.82. The molecule has 0 bridgehead atoms. The van der Waals surface area contributed by atoms with Crippen LogP contribution in [-0.4, -0.2) is 86.2 Å². The van der Waals surface area contributed by atoms with Gasteiger partial charge in [-0.1, -0.05) is 30.3 Å². The van der Waals surface area contributed by atoms with Crippen LogP contribution in [0.1, 0.15) is 18.4 Å². The van der Waals surface area contributed by atoms with Crippen molar-refractivity contribution in [2.45, 2.75) is 42.3 Å². The second kappa shape index (κ2) is 11.5. The number of nitrogen functional groups attached to an aromatic ring is 1. The molecule has 190 valence electrons. The van der Waals surface area contributed by atoms with Crippen LogP contribution in [0.4, 0.5) is 5.69 Å². The number of sulfonamides is 1. The first kappa shape index (κ1) is 25.6. The van der Waals surface area contributed by atoms with Gasteiger partial charge in [0.2, 0.25) is 15.9 Å². The molecule has 1 amide bonds. The summed E-state index contributed by atoms with van der Waals surface area (Å²) in [5.41, 5.74) is 7.15. The zero-order valence-corrected chi connectivity index (χ0v) is 20.6. The Morgan fingerprint density at radius 1 is 1.11 bits per heavy atom. The Morgan fingerprint density at radius 2 is 1.77 bits per heavy atom. The van der Waals surface area contributed by atoms with Gasteiger partial charge in [-0.25, -0.2) is 8.42 Å². The lowest BCUT2D eigenvalue weighted by atomic mass is 10.0. The molecule has 0 aromatic heterocycles. The summed E-state index contributed by atoms with van der Waals surface area (Å²) >= 11 is 0. The van der Waals surface area contributed by atoms with Gasteiger partial charge in [0.25, 0.3) is 0 Å². The lowest BCUT2D eigenvalue weighted by Crippen LogP contribution is -2.53. The highest BCUT2D eigenvalue weighted by Crippen LogP contribution is 2.32. The number of nitrogens with one attached hydrogen (secondary N) is 1. The van der Waals surface area contributed by atoms with E-state index in [1.165, 1.54) is 16.4 Å². The molecule has 0 spiro atoms. The van der Waals surface area contributed by atoms with E-state index < -0.39 is 22.2 Å². The summed E-state index contributed by atoms with van der Waals surface area (Å²) in [6.45, 7) is 2.62. The largest absolute Gasteiger partial charge is 0.399 e. The van der Waals surface area contributed by atoms with E-state index in [1.807, 2.05) is 35.2 Å². The van der Waals surface area contributed by atoms with Crippen molar-refractivity contribution in [3.63, 3.8) is 0 Å². The smallest absolute Gasteiger partial charge is 0.243 e. The summed E-state index contributed by atoms with van der Waals surface area (Å²) in [5.74, 6) is -0.203. The average molecular weight is 503 g/mol. The number of benzene rings is 2. The lowest BCUT2D eigenvalue weighted by molar-refractivity contribution is -0.124. The van der Waals surface area contributed by atoms with Gasteiger partial charge in [0.1, 0.15) is 0 Å². The number of aliphatic hydroxyl groups is 1. The Labute approximate surface area is 206 Å². The molecule has 35 heavy (non-hydrogen) atoms. The van der Waals surface area contributed by atoms with Gasteiger partial charge in [-0.3, -0.25) is 9.69 Å². The number of rotatable bonds is 11. The van der Waals surface area contributed by atoms with E-state index in [-0.39, 0.29) is 29.9 Å². The third kappa shape index (κ3) is 7.02. The molecule has 2 atom stereocenters. The highest BCUT2D eigenvalue weighted by Gasteiger charge is 2.40. The number of carbonyl (C=O) groups is 1. The van der Waals surface area contributed by atoms with Gasteiger partial charge in [0, 0.05) is 31.4 Å². The Bertz CT molecular complexity index is 1070. The maximum Gasteiger partial charge on any atom is 0.243 e. The van der Waals surface area contributed by atoms with Crippen LogP contribution < -0.4 is 11.1 Å². The Morgan fingerprint density at radius 3 is 2.40 bits per heavy atom. The molecule has 0 unspecified atom stereocenters. The number of hydrogen-bond acceptors (Lipinski definition) is 7. The summed E-state index contributed by atoms with van der Waals surface area (Å²) in [6.07, 6.45) is 0.784. The molecule has 2 fully saturated rings. The van der Waals surface area contributed by atoms with E-state index in [2.05, 4.69) is 5.32 Å². The van der Waals surface area contributed by atoms with Crippen LogP contribution in [0.2, 0.25) is 0 Å². The van der Waals surface area contributed by atoms with E-state index in [1.54, 1.807) is 12.1 Å². The highest BCUT2D eigenvalue weighted by molar-refractivity contribution is 7.89. The first-order chi connectivity index (χ1) is 16.8. The maximum absolute atomic E-state index is 13.4. The number of nitrogens with two attached hydrogens (primary N) is 1. The molecule has 10 heteroatoms. The van der Waals surface area contributed by atoms with E-state index >= 15 is 0 Å². The molecular weight excluding hydrogens is 468 g/mol. The van der Waals surface area contributed by atoms with E-state index in [4.69, 9.17) is 10.5 Å².